The predicted molar refractivity (Wildman–Crippen MR) is 121 cm³/mol. The van der Waals surface area contributed by atoms with Crippen LogP contribution < -0.4 is 16.4 Å². The standard InChI is InChI=1S/C24H29N5O2/c1-14-10-17(30)11-15(2)18(14)13-19(25)24(31)27-20-8-9-26-23-22(20)28-21(29-23)12-16-6-4-3-5-7-16/h3-7,10-11,19-20,26,30H,8-9,12-13,25H2,1-2H3,(H,27,31)(H,28,29)/t19-,20+/m0/s1. The highest BCUT2D eigenvalue weighted by molar-refractivity contribution is 5.82. The van der Waals surface area contributed by atoms with Gasteiger partial charge in [0.2, 0.25) is 5.91 Å². The quantitative estimate of drug-likeness (QED) is 0.421. The number of nitrogens with one attached hydrogen (secondary N) is 3. The second kappa shape index (κ2) is 8.81. The van der Waals surface area contributed by atoms with Gasteiger partial charge in [0, 0.05) is 13.0 Å². The van der Waals surface area contributed by atoms with Crippen molar-refractivity contribution in [1.29, 1.82) is 0 Å². The summed E-state index contributed by atoms with van der Waals surface area (Å²) in [7, 11) is 0. The molecule has 6 N–H and O–H groups in total. The summed E-state index contributed by atoms with van der Waals surface area (Å²) in [6.45, 7) is 4.58. The molecule has 0 bridgehead atoms. The highest BCUT2D eigenvalue weighted by Crippen LogP contribution is 2.28. The van der Waals surface area contributed by atoms with E-state index in [9.17, 15) is 9.90 Å². The summed E-state index contributed by atoms with van der Waals surface area (Å²) >= 11 is 0. The molecule has 31 heavy (non-hydrogen) atoms. The maximum Gasteiger partial charge on any atom is 0.237 e. The molecule has 1 aliphatic heterocycles. The van der Waals surface area contributed by atoms with Crippen LogP contribution >= 0.6 is 0 Å². The molecule has 4 rings (SSSR count). The Hall–Kier alpha value is -3.32. The van der Waals surface area contributed by atoms with Crippen molar-refractivity contribution in [1.82, 2.24) is 15.3 Å². The van der Waals surface area contributed by atoms with Crippen molar-refractivity contribution in [3.63, 3.8) is 0 Å². The van der Waals surface area contributed by atoms with Crippen LogP contribution in [0.4, 0.5) is 5.82 Å². The molecule has 2 aromatic carbocycles. The lowest BCUT2D eigenvalue weighted by atomic mass is 9.95. The molecule has 162 valence electrons. The number of anilines is 1. The Kier molecular flexibility index (Phi) is 5.95. The zero-order chi connectivity index (χ0) is 22.0. The Bertz CT molecular complexity index is 1050. The minimum Gasteiger partial charge on any atom is -0.508 e. The number of benzene rings is 2. The lowest BCUT2D eigenvalue weighted by Gasteiger charge is -2.25. The summed E-state index contributed by atoms with van der Waals surface area (Å²) in [6.07, 6.45) is 1.88. The van der Waals surface area contributed by atoms with E-state index in [0.717, 1.165) is 47.0 Å². The molecular formula is C24H29N5O2. The van der Waals surface area contributed by atoms with Gasteiger partial charge in [0.25, 0.3) is 0 Å². The van der Waals surface area contributed by atoms with E-state index in [2.05, 4.69) is 32.7 Å². The first-order chi connectivity index (χ1) is 14.9. The number of carbonyl (C=O) groups is 1. The molecule has 0 aliphatic carbocycles. The number of rotatable bonds is 6. The third kappa shape index (κ3) is 4.72. The van der Waals surface area contributed by atoms with Gasteiger partial charge in [-0.1, -0.05) is 30.3 Å². The number of aromatic amines is 1. The Balaban J connectivity index is 1.45. The van der Waals surface area contributed by atoms with Crippen molar-refractivity contribution in [2.75, 3.05) is 11.9 Å². The SMILES string of the molecule is Cc1cc(O)cc(C)c1C[C@H](N)C(=O)N[C@@H]1CCNc2nc(Cc3ccccc3)[nH]c21. The number of nitrogens with zero attached hydrogens (tertiary/aromatic N) is 1. The molecule has 1 amide bonds. The lowest BCUT2D eigenvalue weighted by molar-refractivity contribution is -0.123. The van der Waals surface area contributed by atoms with Gasteiger partial charge in [-0.05, 0) is 61.1 Å². The van der Waals surface area contributed by atoms with Crippen molar-refractivity contribution in [3.05, 3.63) is 76.2 Å². The monoisotopic (exact) mass is 419 g/mol. The number of amides is 1. The molecule has 3 aromatic rings. The molecule has 0 unspecified atom stereocenters. The van der Waals surface area contributed by atoms with Crippen LogP contribution in [0.5, 0.6) is 5.75 Å². The third-order valence-electron chi connectivity index (χ3n) is 5.83. The van der Waals surface area contributed by atoms with Gasteiger partial charge in [0.05, 0.1) is 17.8 Å². The highest BCUT2D eigenvalue weighted by atomic mass is 16.3. The first-order valence-corrected chi connectivity index (χ1v) is 10.6. The molecular weight excluding hydrogens is 390 g/mol. The van der Waals surface area contributed by atoms with Crippen molar-refractivity contribution in [3.8, 4) is 5.75 Å². The summed E-state index contributed by atoms with van der Waals surface area (Å²) in [4.78, 5) is 20.9. The minimum atomic E-state index is -0.674. The molecule has 7 nitrogen and oxygen atoms in total. The van der Waals surface area contributed by atoms with E-state index >= 15 is 0 Å². The Labute approximate surface area is 182 Å². The summed E-state index contributed by atoms with van der Waals surface area (Å²) in [5, 5.41) is 16.2. The Morgan fingerprint density at radius 3 is 2.68 bits per heavy atom. The molecule has 2 atom stereocenters. The van der Waals surface area contributed by atoms with Gasteiger partial charge in [-0.25, -0.2) is 4.98 Å². The molecule has 0 saturated carbocycles. The van der Waals surface area contributed by atoms with Gasteiger partial charge < -0.3 is 26.5 Å². The first-order valence-electron chi connectivity index (χ1n) is 10.6. The topological polar surface area (TPSA) is 116 Å². The van der Waals surface area contributed by atoms with Gasteiger partial charge in [-0.2, -0.15) is 0 Å². The van der Waals surface area contributed by atoms with Gasteiger partial charge >= 0.3 is 0 Å². The number of H-pyrrole nitrogens is 1. The average molecular weight is 420 g/mol. The number of hydrogen-bond donors (Lipinski definition) is 5. The van der Waals surface area contributed by atoms with Crippen LogP contribution in [0.2, 0.25) is 0 Å². The third-order valence-corrected chi connectivity index (χ3v) is 5.83. The van der Waals surface area contributed by atoms with E-state index in [-0.39, 0.29) is 17.7 Å². The van der Waals surface area contributed by atoms with Crippen LogP contribution in [0.25, 0.3) is 0 Å². The van der Waals surface area contributed by atoms with Gasteiger partial charge in [-0.15, -0.1) is 0 Å². The number of phenolic OH excluding ortho intramolecular Hbond substituents is 1. The predicted octanol–water partition coefficient (Wildman–Crippen LogP) is 2.87. The molecule has 2 heterocycles. The van der Waals surface area contributed by atoms with Crippen LogP contribution in [0.3, 0.4) is 0 Å². The number of fused-ring (bicyclic) bond motifs is 1. The fraction of sp³-hybridized carbons (Fsp3) is 0.333. The first kappa shape index (κ1) is 20.9. The molecule has 0 saturated heterocycles. The molecule has 0 fully saturated rings. The average Bonchev–Trinajstić information content (AvgIpc) is 3.14. The molecule has 0 radical (unpaired) electrons. The second-order valence-electron chi connectivity index (χ2n) is 8.25. The minimum absolute atomic E-state index is 0.158. The van der Waals surface area contributed by atoms with Crippen LogP contribution in [0, 0.1) is 13.8 Å². The zero-order valence-corrected chi connectivity index (χ0v) is 17.9. The number of hydrogen-bond acceptors (Lipinski definition) is 5. The molecule has 0 spiro atoms. The second-order valence-corrected chi connectivity index (χ2v) is 8.25. The molecule has 1 aliphatic rings. The summed E-state index contributed by atoms with van der Waals surface area (Å²) in [5.74, 6) is 1.69. The van der Waals surface area contributed by atoms with Crippen LogP contribution in [-0.4, -0.2) is 33.6 Å². The van der Waals surface area contributed by atoms with E-state index in [1.54, 1.807) is 12.1 Å². The number of nitrogens with two attached hydrogens (primary N) is 1. The molecule has 7 heteroatoms. The van der Waals surface area contributed by atoms with E-state index < -0.39 is 6.04 Å². The van der Waals surface area contributed by atoms with E-state index in [1.165, 1.54) is 5.56 Å². The van der Waals surface area contributed by atoms with Crippen molar-refractivity contribution >= 4 is 11.7 Å². The Morgan fingerprint density at radius 2 is 1.97 bits per heavy atom. The van der Waals surface area contributed by atoms with Crippen molar-refractivity contribution in [2.45, 2.75) is 45.2 Å². The van der Waals surface area contributed by atoms with Gasteiger partial charge in [0.15, 0.2) is 0 Å². The number of aromatic hydroxyl groups is 1. The van der Waals surface area contributed by atoms with E-state index in [1.807, 2.05) is 32.0 Å². The Morgan fingerprint density at radius 1 is 1.26 bits per heavy atom. The van der Waals surface area contributed by atoms with E-state index in [4.69, 9.17) is 5.73 Å². The van der Waals surface area contributed by atoms with Crippen molar-refractivity contribution < 1.29 is 9.90 Å². The number of aryl methyl sites for hydroxylation is 2. The fourth-order valence-corrected chi connectivity index (χ4v) is 4.21. The van der Waals surface area contributed by atoms with Crippen LogP contribution in [0.15, 0.2) is 42.5 Å². The lowest BCUT2D eigenvalue weighted by Crippen LogP contribution is -2.44. The number of phenols is 1. The summed E-state index contributed by atoms with van der Waals surface area (Å²) in [6, 6.07) is 12.7. The summed E-state index contributed by atoms with van der Waals surface area (Å²) < 4.78 is 0. The van der Waals surface area contributed by atoms with Crippen molar-refractivity contribution in [2.24, 2.45) is 5.73 Å². The number of imidazole rings is 1. The fourth-order valence-electron chi connectivity index (χ4n) is 4.21. The molecule has 1 aromatic heterocycles. The smallest absolute Gasteiger partial charge is 0.237 e. The number of aromatic nitrogens is 2. The van der Waals surface area contributed by atoms with Gasteiger partial charge in [-0.3, -0.25) is 4.79 Å². The van der Waals surface area contributed by atoms with Gasteiger partial charge in [0.1, 0.15) is 17.4 Å². The normalized spacial score (nSPS) is 16.3. The summed E-state index contributed by atoms with van der Waals surface area (Å²) in [5.41, 5.74) is 11.2. The highest BCUT2D eigenvalue weighted by Gasteiger charge is 2.27. The van der Waals surface area contributed by atoms with Crippen LogP contribution in [-0.2, 0) is 17.6 Å². The van der Waals surface area contributed by atoms with Crippen LogP contribution in [0.1, 0.15) is 46.2 Å². The number of carbonyl (C=O) groups excluding carboxylic acids is 1. The maximum atomic E-state index is 12.9. The maximum absolute atomic E-state index is 12.9. The zero-order valence-electron chi connectivity index (χ0n) is 17.9. The van der Waals surface area contributed by atoms with E-state index in [0.29, 0.717) is 12.8 Å². The largest absolute Gasteiger partial charge is 0.508 e.